The molecule has 3 heterocycles. The van der Waals surface area contributed by atoms with Gasteiger partial charge < -0.3 is 0 Å². The minimum absolute atomic E-state index is 0.0400. The molecule has 7 nitrogen and oxygen atoms in total. The molecule has 1 aliphatic heterocycles. The van der Waals surface area contributed by atoms with E-state index in [1.54, 1.807) is 41.2 Å². The summed E-state index contributed by atoms with van der Waals surface area (Å²) < 4.78 is 83.7. The van der Waals surface area contributed by atoms with Crippen LogP contribution in [0.1, 0.15) is 33.7 Å². The number of halogens is 4. The van der Waals surface area contributed by atoms with Gasteiger partial charge in [0.1, 0.15) is 11.5 Å². The van der Waals surface area contributed by atoms with Gasteiger partial charge in [-0.3, -0.25) is 9.78 Å². The molecule has 1 saturated heterocycles. The summed E-state index contributed by atoms with van der Waals surface area (Å²) in [6.45, 7) is -0.324. The summed E-state index contributed by atoms with van der Waals surface area (Å²) in [6.07, 6.45) is 0.395. The van der Waals surface area contributed by atoms with Crippen molar-refractivity contribution in [2.75, 3.05) is 13.1 Å². The number of hydrogen-bond acceptors (Lipinski definition) is 5. The molecule has 41 heavy (non-hydrogen) atoms. The quantitative estimate of drug-likeness (QED) is 0.235. The predicted octanol–water partition coefficient (Wildman–Crippen LogP) is 5.33. The van der Waals surface area contributed by atoms with Gasteiger partial charge in [0.05, 0.1) is 33.5 Å². The van der Waals surface area contributed by atoms with Crippen molar-refractivity contribution in [1.29, 1.82) is 0 Å². The van der Waals surface area contributed by atoms with Crippen molar-refractivity contribution < 1.29 is 30.8 Å². The van der Waals surface area contributed by atoms with Crippen LogP contribution in [0, 0.1) is 11.2 Å². The maximum absolute atomic E-state index is 14.1. The number of ketones is 1. The second-order valence-electron chi connectivity index (χ2n) is 10.0. The first-order valence-electron chi connectivity index (χ1n) is 12.7. The number of fused-ring (bicyclic) bond motifs is 2. The predicted molar refractivity (Wildman–Crippen MR) is 141 cm³/mol. The minimum atomic E-state index is -4.72. The van der Waals surface area contributed by atoms with Crippen molar-refractivity contribution in [2.24, 2.45) is 5.41 Å². The van der Waals surface area contributed by atoms with Crippen LogP contribution in [0.4, 0.5) is 17.6 Å². The largest absolute Gasteiger partial charge is 0.416 e. The second-order valence-corrected chi connectivity index (χ2v) is 12.0. The molecule has 12 heteroatoms. The fourth-order valence-electron chi connectivity index (χ4n) is 5.53. The highest BCUT2D eigenvalue weighted by Crippen LogP contribution is 2.47. The van der Waals surface area contributed by atoms with E-state index in [0.29, 0.717) is 28.6 Å². The first kappa shape index (κ1) is 27.0. The fourth-order valence-corrected chi connectivity index (χ4v) is 7.08. The maximum Gasteiger partial charge on any atom is 0.416 e. The van der Waals surface area contributed by atoms with Crippen LogP contribution < -0.4 is 0 Å². The van der Waals surface area contributed by atoms with E-state index in [1.807, 2.05) is 6.08 Å². The average molecular weight is 583 g/mol. The molecule has 0 N–H and O–H groups in total. The van der Waals surface area contributed by atoms with E-state index < -0.39 is 43.7 Å². The highest BCUT2D eigenvalue weighted by atomic mass is 32.2. The lowest BCUT2D eigenvalue weighted by Gasteiger charge is -2.44. The van der Waals surface area contributed by atoms with Crippen molar-refractivity contribution in [3.63, 3.8) is 0 Å². The minimum Gasteiger partial charge on any atom is -0.291 e. The standard InChI is InChI=1S/C29H22F4N4O3S/c30-22-7-9-23(10-8-22)37-26-15-20-11-13-36(41(39,40)24-5-3-4-21(14-24)29(31,32)33)18-28(20,16-19(26)17-35-37)27(38)25-6-1-2-12-34-25/h1-10,12,14-15,17H,11,13,16,18H2. The molecule has 1 atom stereocenters. The van der Waals surface area contributed by atoms with Crippen molar-refractivity contribution in [3.8, 4) is 5.69 Å². The van der Waals surface area contributed by atoms with Crippen LogP contribution in [0.25, 0.3) is 11.8 Å². The Morgan fingerprint density at radius 3 is 2.49 bits per heavy atom. The summed E-state index contributed by atoms with van der Waals surface area (Å²) in [6, 6.07) is 14.2. The first-order valence-corrected chi connectivity index (χ1v) is 14.1. The van der Waals surface area contributed by atoms with E-state index in [4.69, 9.17) is 0 Å². The summed E-state index contributed by atoms with van der Waals surface area (Å²) in [5, 5.41) is 4.45. The smallest absolute Gasteiger partial charge is 0.291 e. The molecule has 210 valence electrons. The number of Topliss-reactive ketones (excluding diaryl/α,β-unsaturated/α-hetero) is 1. The molecule has 0 amide bonds. The first-order chi connectivity index (χ1) is 19.5. The molecule has 0 spiro atoms. The normalized spacial score (nSPS) is 19.3. The number of carbonyl (C=O) groups excluding carboxylic acids is 1. The number of alkyl halides is 3. The van der Waals surface area contributed by atoms with Crippen LogP contribution in [0.2, 0.25) is 0 Å². The van der Waals surface area contributed by atoms with E-state index in [0.717, 1.165) is 22.5 Å². The molecular formula is C29H22F4N4O3S. The van der Waals surface area contributed by atoms with Crippen molar-refractivity contribution in [2.45, 2.75) is 23.9 Å². The molecule has 2 aromatic heterocycles. The number of benzene rings is 2. The van der Waals surface area contributed by atoms with Crippen LogP contribution in [-0.2, 0) is 22.6 Å². The Kier molecular flexibility index (Phi) is 6.42. The molecule has 6 rings (SSSR count). The Morgan fingerprint density at radius 1 is 1.00 bits per heavy atom. The van der Waals surface area contributed by atoms with Gasteiger partial charge in [0.15, 0.2) is 5.78 Å². The lowest BCUT2D eigenvalue weighted by atomic mass is 9.65. The third-order valence-electron chi connectivity index (χ3n) is 7.58. The summed E-state index contributed by atoms with van der Waals surface area (Å²) >= 11 is 0. The summed E-state index contributed by atoms with van der Waals surface area (Å²) in [5.74, 6) is -0.795. The van der Waals surface area contributed by atoms with Gasteiger partial charge in [-0.05, 0) is 79.1 Å². The molecule has 1 fully saturated rings. The van der Waals surface area contributed by atoms with Crippen LogP contribution >= 0.6 is 0 Å². The van der Waals surface area contributed by atoms with E-state index >= 15 is 0 Å². The summed E-state index contributed by atoms with van der Waals surface area (Å²) in [5.41, 5.74) is 0.339. The van der Waals surface area contributed by atoms with Crippen LogP contribution in [0.5, 0.6) is 0 Å². The Bertz CT molecular complexity index is 1780. The molecule has 1 unspecified atom stereocenters. The third-order valence-corrected chi connectivity index (χ3v) is 9.42. The number of hydrogen-bond donors (Lipinski definition) is 0. The Morgan fingerprint density at radius 2 is 1.78 bits per heavy atom. The maximum atomic E-state index is 14.1. The molecule has 4 aromatic rings. The van der Waals surface area contributed by atoms with Crippen molar-refractivity contribution >= 4 is 21.9 Å². The monoisotopic (exact) mass is 582 g/mol. The Balaban J connectivity index is 1.44. The highest BCUT2D eigenvalue weighted by molar-refractivity contribution is 7.89. The Labute approximate surface area is 232 Å². The zero-order valence-electron chi connectivity index (χ0n) is 21.3. The number of sulfonamides is 1. The molecular weight excluding hydrogens is 560 g/mol. The zero-order valence-corrected chi connectivity index (χ0v) is 22.2. The molecule has 0 bridgehead atoms. The fraction of sp³-hybridized carbons (Fsp3) is 0.207. The number of nitrogens with zero attached hydrogens (tertiary/aromatic N) is 4. The van der Waals surface area contributed by atoms with Gasteiger partial charge in [0, 0.05) is 19.3 Å². The van der Waals surface area contributed by atoms with E-state index in [9.17, 15) is 30.8 Å². The van der Waals surface area contributed by atoms with Gasteiger partial charge >= 0.3 is 6.18 Å². The van der Waals surface area contributed by atoms with Crippen LogP contribution in [0.3, 0.4) is 0 Å². The van der Waals surface area contributed by atoms with E-state index in [2.05, 4.69) is 10.1 Å². The van der Waals surface area contributed by atoms with Gasteiger partial charge in [-0.2, -0.15) is 22.6 Å². The van der Waals surface area contributed by atoms with Gasteiger partial charge in [-0.1, -0.05) is 17.7 Å². The van der Waals surface area contributed by atoms with Gasteiger partial charge in [-0.25, -0.2) is 17.5 Å². The second kappa shape index (κ2) is 9.74. The molecule has 2 aliphatic rings. The number of aromatic nitrogens is 3. The van der Waals surface area contributed by atoms with Gasteiger partial charge in [0.25, 0.3) is 0 Å². The SMILES string of the molecule is O=C(c1ccccn1)C12Cc3cnn(-c4ccc(F)cc4)c3C=C1CCN(S(=O)(=O)c1cccc(C(F)(F)F)c1)C2. The molecule has 1 aliphatic carbocycles. The highest BCUT2D eigenvalue weighted by Gasteiger charge is 2.51. The van der Waals surface area contributed by atoms with Crippen molar-refractivity contribution in [3.05, 3.63) is 113 Å². The lowest BCUT2D eigenvalue weighted by Crippen LogP contribution is -2.53. The van der Waals surface area contributed by atoms with E-state index in [1.165, 1.54) is 18.3 Å². The van der Waals surface area contributed by atoms with E-state index in [-0.39, 0.29) is 31.6 Å². The average Bonchev–Trinajstić information content (AvgIpc) is 3.38. The van der Waals surface area contributed by atoms with Crippen molar-refractivity contribution in [1.82, 2.24) is 19.1 Å². The summed E-state index contributed by atoms with van der Waals surface area (Å²) in [4.78, 5) is 17.8. The number of rotatable bonds is 5. The number of piperidine rings is 1. The molecule has 0 radical (unpaired) electrons. The molecule has 2 aromatic carbocycles. The molecule has 0 saturated carbocycles. The number of pyridine rings is 1. The third kappa shape index (κ3) is 4.66. The number of carbonyl (C=O) groups is 1. The van der Waals surface area contributed by atoms with Crippen LogP contribution in [-0.4, -0.2) is 46.4 Å². The summed E-state index contributed by atoms with van der Waals surface area (Å²) in [7, 11) is -4.39. The lowest BCUT2D eigenvalue weighted by molar-refractivity contribution is -0.137. The van der Waals surface area contributed by atoms with Gasteiger partial charge in [0.2, 0.25) is 10.0 Å². The topological polar surface area (TPSA) is 85.2 Å². The van der Waals surface area contributed by atoms with Gasteiger partial charge in [-0.15, -0.1) is 0 Å². The van der Waals surface area contributed by atoms with Crippen LogP contribution in [0.15, 0.2) is 89.6 Å². The Hall–Kier alpha value is -4.16. The zero-order chi connectivity index (χ0) is 29.0.